The number of carbonyl (C=O) groups is 1. The van der Waals surface area contributed by atoms with Gasteiger partial charge in [0.15, 0.2) is 0 Å². The fourth-order valence-electron chi connectivity index (χ4n) is 3.77. The molecule has 0 aliphatic carbocycles. The number of anilines is 1. The van der Waals surface area contributed by atoms with E-state index in [9.17, 15) is 4.79 Å². The number of amides is 1. The molecule has 6 heteroatoms. The van der Waals surface area contributed by atoms with Crippen LogP contribution in [-0.2, 0) is 0 Å². The summed E-state index contributed by atoms with van der Waals surface area (Å²) in [5.74, 6) is 1.73. The van der Waals surface area contributed by atoms with Gasteiger partial charge in [0.1, 0.15) is 11.5 Å². The van der Waals surface area contributed by atoms with Crippen LogP contribution in [0.15, 0.2) is 48.7 Å². The fraction of sp³-hybridized carbons (Fsp3) is 0.318. The molecule has 0 atom stereocenters. The Morgan fingerprint density at radius 2 is 1.82 bits per heavy atom. The van der Waals surface area contributed by atoms with Gasteiger partial charge in [-0.05, 0) is 86.9 Å². The van der Waals surface area contributed by atoms with Crippen molar-refractivity contribution >= 4 is 22.7 Å². The Labute approximate surface area is 164 Å². The van der Waals surface area contributed by atoms with Crippen molar-refractivity contribution in [1.82, 2.24) is 9.88 Å². The monoisotopic (exact) mass is 379 g/mol. The van der Waals surface area contributed by atoms with Crippen LogP contribution < -0.4 is 14.8 Å². The van der Waals surface area contributed by atoms with E-state index >= 15 is 0 Å². The van der Waals surface area contributed by atoms with Crippen LogP contribution in [-0.4, -0.2) is 43.2 Å². The number of hydrogen-bond donors (Lipinski definition) is 2. The summed E-state index contributed by atoms with van der Waals surface area (Å²) in [6.45, 7) is 2.23. The number of benzene rings is 2. The molecule has 1 fully saturated rings. The molecule has 1 aromatic heterocycles. The van der Waals surface area contributed by atoms with E-state index in [-0.39, 0.29) is 0 Å². The highest BCUT2D eigenvalue weighted by atomic mass is 16.6. The highest BCUT2D eigenvalue weighted by Crippen LogP contribution is 2.34. The van der Waals surface area contributed by atoms with Crippen LogP contribution in [0.25, 0.3) is 10.9 Å². The van der Waals surface area contributed by atoms with Crippen molar-refractivity contribution in [3.8, 4) is 11.5 Å². The number of rotatable bonds is 4. The average Bonchev–Trinajstić information content (AvgIpc) is 3.12. The second-order valence-corrected chi connectivity index (χ2v) is 7.27. The molecule has 1 saturated heterocycles. The molecule has 0 spiro atoms. The summed E-state index contributed by atoms with van der Waals surface area (Å²) < 4.78 is 10.5. The molecule has 0 radical (unpaired) electrons. The highest BCUT2D eigenvalue weighted by Gasteiger charge is 2.21. The minimum atomic E-state index is -0.513. The number of hydrogen-bond acceptors (Lipinski definition) is 4. The summed E-state index contributed by atoms with van der Waals surface area (Å²) in [6.07, 6.45) is 3.90. The van der Waals surface area contributed by atoms with Gasteiger partial charge in [0, 0.05) is 22.8 Å². The maximum atomic E-state index is 12.3. The molecule has 0 bridgehead atoms. The van der Waals surface area contributed by atoms with Crippen LogP contribution >= 0.6 is 0 Å². The van der Waals surface area contributed by atoms with Gasteiger partial charge in [-0.2, -0.15) is 0 Å². The topological polar surface area (TPSA) is 66.6 Å². The molecule has 1 aliphatic rings. The molecule has 0 unspecified atom stereocenters. The zero-order valence-electron chi connectivity index (χ0n) is 16.2. The van der Waals surface area contributed by atoms with E-state index < -0.39 is 6.09 Å². The van der Waals surface area contributed by atoms with E-state index in [0.717, 1.165) is 42.5 Å². The number of H-pyrrole nitrogens is 1. The summed E-state index contributed by atoms with van der Waals surface area (Å²) in [5.41, 5.74) is 3.14. The van der Waals surface area contributed by atoms with E-state index in [4.69, 9.17) is 9.47 Å². The van der Waals surface area contributed by atoms with Crippen molar-refractivity contribution in [1.29, 1.82) is 0 Å². The van der Waals surface area contributed by atoms with Crippen LogP contribution in [0.5, 0.6) is 11.5 Å². The van der Waals surface area contributed by atoms with Gasteiger partial charge in [0.05, 0.1) is 7.11 Å². The molecule has 6 nitrogen and oxygen atoms in total. The van der Waals surface area contributed by atoms with Crippen LogP contribution in [0.2, 0.25) is 0 Å². The third-order valence-corrected chi connectivity index (χ3v) is 5.39. The van der Waals surface area contributed by atoms with Gasteiger partial charge in [-0.15, -0.1) is 0 Å². The Kier molecular flexibility index (Phi) is 5.21. The van der Waals surface area contributed by atoms with E-state index in [0.29, 0.717) is 17.4 Å². The number of aromatic nitrogens is 1. The first kappa shape index (κ1) is 18.4. The Morgan fingerprint density at radius 3 is 2.54 bits per heavy atom. The number of nitrogens with zero attached hydrogens (tertiary/aromatic N) is 1. The summed E-state index contributed by atoms with van der Waals surface area (Å²) in [6, 6.07) is 12.8. The minimum Gasteiger partial charge on any atom is -0.497 e. The van der Waals surface area contributed by atoms with Gasteiger partial charge < -0.3 is 19.4 Å². The predicted octanol–water partition coefficient (Wildman–Crippen LogP) is 4.60. The Morgan fingerprint density at radius 1 is 1.11 bits per heavy atom. The third kappa shape index (κ3) is 3.97. The van der Waals surface area contributed by atoms with Gasteiger partial charge in [-0.1, -0.05) is 0 Å². The molecule has 4 rings (SSSR count). The molecule has 0 saturated carbocycles. The second-order valence-electron chi connectivity index (χ2n) is 7.27. The molecule has 146 valence electrons. The van der Waals surface area contributed by atoms with Crippen molar-refractivity contribution in [2.45, 2.75) is 18.8 Å². The smallest absolute Gasteiger partial charge is 0.417 e. The number of ether oxygens (including phenoxy) is 2. The number of fused-ring (bicyclic) bond motifs is 1. The summed E-state index contributed by atoms with van der Waals surface area (Å²) in [4.78, 5) is 18.0. The zero-order valence-corrected chi connectivity index (χ0v) is 16.2. The largest absolute Gasteiger partial charge is 0.497 e. The molecule has 2 heterocycles. The lowest BCUT2D eigenvalue weighted by Gasteiger charge is -2.28. The summed E-state index contributed by atoms with van der Waals surface area (Å²) >= 11 is 0. The predicted molar refractivity (Wildman–Crippen MR) is 110 cm³/mol. The van der Waals surface area contributed by atoms with Gasteiger partial charge in [0.2, 0.25) is 0 Å². The lowest BCUT2D eigenvalue weighted by atomic mass is 9.89. The highest BCUT2D eigenvalue weighted by molar-refractivity contribution is 5.92. The van der Waals surface area contributed by atoms with Gasteiger partial charge >= 0.3 is 6.09 Å². The first-order chi connectivity index (χ1) is 13.6. The van der Waals surface area contributed by atoms with Gasteiger partial charge in [-0.25, -0.2) is 4.79 Å². The molecule has 3 aromatic rings. The Bertz CT molecular complexity index is 957. The number of aromatic amines is 1. The SMILES string of the molecule is COc1ccc(OC(=O)Nc2ccc3[nH]cc(C4CCN(C)CC4)c3c2)cc1. The molecule has 2 N–H and O–H groups in total. The van der Waals surface area contributed by atoms with Crippen LogP contribution in [0.1, 0.15) is 24.3 Å². The maximum Gasteiger partial charge on any atom is 0.417 e. The lowest BCUT2D eigenvalue weighted by Crippen LogP contribution is -2.29. The zero-order chi connectivity index (χ0) is 19.5. The van der Waals surface area contributed by atoms with E-state index in [1.54, 1.807) is 31.4 Å². The van der Waals surface area contributed by atoms with E-state index in [1.165, 1.54) is 5.56 Å². The van der Waals surface area contributed by atoms with Gasteiger partial charge in [-0.3, -0.25) is 5.32 Å². The van der Waals surface area contributed by atoms with Crippen LogP contribution in [0, 0.1) is 0 Å². The number of likely N-dealkylation sites (tertiary alicyclic amines) is 1. The van der Waals surface area contributed by atoms with Crippen LogP contribution in [0.4, 0.5) is 10.5 Å². The van der Waals surface area contributed by atoms with E-state index in [2.05, 4.69) is 28.4 Å². The maximum absolute atomic E-state index is 12.3. The lowest BCUT2D eigenvalue weighted by molar-refractivity contribution is 0.215. The normalized spacial score (nSPS) is 15.5. The minimum absolute atomic E-state index is 0.466. The fourth-order valence-corrected chi connectivity index (χ4v) is 3.77. The number of piperidine rings is 1. The van der Waals surface area contributed by atoms with Crippen molar-refractivity contribution < 1.29 is 14.3 Å². The van der Waals surface area contributed by atoms with Crippen molar-refractivity contribution in [3.63, 3.8) is 0 Å². The Hall–Kier alpha value is -2.99. The quantitative estimate of drug-likeness (QED) is 0.695. The number of carbonyl (C=O) groups excluding carboxylic acids is 1. The molecular weight excluding hydrogens is 354 g/mol. The average molecular weight is 379 g/mol. The van der Waals surface area contributed by atoms with Crippen molar-refractivity contribution in [2.24, 2.45) is 0 Å². The molecule has 28 heavy (non-hydrogen) atoms. The number of nitrogens with one attached hydrogen (secondary N) is 2. The molecule has 2 aromatic carbocycles. The summed E-state index contributed by atoms with van der Waals surface area (Å²) in [5, 5.41) is 3.99. The molecule has 1 aliphatic heterocycles. The first-order valence-electron chi connectivity index (χ1n) is 9.55. The third-order valence-electron chi connectivity index (χ3n) is 5.39. The Balaban J connectivity index is 1.47. The molecular formula is C22H25N3O3. The molecule has 1 amide bonds. The van der Waals surface area contributed by atoms with Crippen LogP contribution in [0.3, 0.4) is 0 Å². The van der Waals surface area contributed by atoms with Gasteiger partial charge in [0.25, 0.3) is 0 Å². The number of methoxy groups -OCH3 is 1. The first-order valence-corrected chi connectivity index (χ1v) is 9.55. The van der Waals surface area contributed by atoms with E-state index in [1.807, 2.05) is 18.2 Å². The standard InChI is InChI=1S/C22H25N3O3/c1-25-11-9-15(10-12-25)20-14-23-21-8-3-16(13-19(20)21)24-22(26)28-18-6-4-17(27-2)5-7-18/h3-8,13-15,23H,9-12H2,1-2H3,(H,24,26). The van der Waals surface area contributed by atoms with Crippen molar-refractivity contribution in [2.75, 3.05) is 32.6 Å². The second kappa shape index (κ2) is 7.94. The van der Waals surface area contributed by atoms with Crippen molar-refractivity contribution in [3.05, 3.63) is 54.2 Å². The summed E-state index contributed by atoms with van der Waals surface area (Å²) in [7, 11) is 3.77.